The van der Waals surface area contributed by atoms with Gasteiger partial charge in [-0.3, -0.25) is 14.5 Å². The molecule has 0 radical (unpaired) electrons. The maximum Gasteiger partial charge on any atom is 0.233 e. The molecule has 1 saturated carbocycles. The van der Waals surface area contributed by atoms with Crippen molar-refractivity contribution in [3.05, 3.63) is 0 Å². The highest BCUT2D eigenvalue weighted by molar-refractivity contribution is 6.08. The number of fused-ring (bicyclic) bond motifs is 1. The number of imide groups is 1. The summed E-state index contributed by atoms with van der Waals surface area (Å²) in [6, 6.07) is 0. The highest BCUT2D eigenvalue weighted by Gasteiger charge is 2.58. The van der Waals surface area contributed by atoms with E-state index in [4.69, 9.17) is 5.11 Å². The van der Waals surface area contributed by atoms with Crippen molar-refractivity contribution in [2.24, 2.45) is 11.8 Å². The van der Waals surface area contributed by atoms with E-state index < -0.39 is 0 Å². The number of carbonyl (C=O) groups is 2. The minimum Gasteiger partial charge on any atom is -0.396 e. The Hall–Kier alpha value is -0.900. The number of rotatable bonds is 3. The summed E-state index contributed by atoms with van der Waals surface area (Å²) in [5.74, 6) is -0.0655. The van der Waals surface area contributed by atoms with Crippen LogP contribution < -0.4 is 0 Å². The molecule has 0 aromatic rings. The largest absolute Gasteiger partial charge is 0.396 e. The smallest absolute Gasteiger partial charge is 0.233 e. The first-order valence-corrected chi connectivity index (χ1v) is 4.22. The van der Waals surface area contributed by atoms with Gasteiger partial charge in [0, 0.05) is 13.2 Å². The van der Waals surface area contributed by atoms with Crippen LogP contribution in [0.15, 0.2) is 0 Å². The number of aliphatic hydroxyl groups excluding tert-OH is 1. The average molecular weight is 169 g/mol. The number of piperidine rings is 1. The predicted molar refractivity (Wildman–Crippen MR) is 40.0 cm³/mol. The molecule has 2 aliphatic rings. The van der Waals surface area contributed by atoms with Gasteiger partial charge in [-0.15, -0.1) is 0 Å². The molecule has 2 fully saturated rings. The van der Waals surface area contributed by atoms with Crippen molar-refractivity contribution < 1.29 is 14.7 Å². The fourth-order valence-electron chi connectivity index (χ4n) is 1.70. The second kappa shape index (κ2) is 2.55. The molecule has 0 aromatic carbocycles. The van der Waals surface area contributed by atoms with Crippen LogP contribution in [0.25, 0.3) is 0 Å². The first kappa shape index (κ1) is 7.73. The van der Waals surface area contributed by atoms with Crippen LogP contribution >= 0.6 is 0 Å². The first-order valence-electron chi connectivity index (χ1n) is 4.22. The molecule has 12 heavy (non-hydrogen) atoms. The number of amides is 2. The lowest BCUT2D eigenvalue weighted by Crippen LogP contribution is -2.34. The zero-order chi connectivity index (χ0) is 8.72. The monoisotopic (exact) mass is 169 g/mol. The number of likely N-dealkylation sites (tertiary alicyclic amines) is 1. The first-order chi connectivity index (χ1) is 5.75. The van der Waals surface area contributed by atoms with Crippen molar-refractivity contribution in [1.82, 2.24) is 4.90 Å². The molecule has 0 spiro atoms. The summed E-state index contributed by atoms with van der Waals surface area (Å²) in [7, 11) is 0. The van der Waals surface area contributed by atoms with Crippen LogP contribution in [0.1, 0.15) is 12.8 Å². The summed E-state index contributed by atoms with van der Waals surface area (Å²) in [5, 5.41) is 8.53. The van der Waals surface area contributed by atoms with Gasteiger partial charge >= 0.3 is 0 Å². The molecule has 1 saturated heterocycles. The lowest BCUT2D eigenvalue weighted by molar-refractivity contribution is -0.141. The summed E-state index contributed by atoms with van der Waals surface area (Å²) < 4.78 is 0. The van der Waals surface area contributed by atoms with Crippen LogP contribution in [0.5, 0.6) is 0 Å². The Kier molecular flexibility index (Phi) is 1.65. The molecule has 2 unspecified atom stereocenters. The van der Waals surface area contributed by atoms with Crippen molar-refractivity contribution in [3.63, 3.8) is 0 Å². The van der Waals surface area contributed by atoms with Crippen molar-refractivity contribution >= 4 is 11.8 Å². The normalized spacial score (nSPS) is 32.6. The SMILES string of the molecule is O=C1C2CC2C(=O)N1CCCO. The summed E-state index contributed by atoms with van der Waals surface area (Å²) in [6.45, 7) is 0.424. The summed E-state index contributed by atoms with van der Waals surface area (Å²) in [6.07, 6.45) is 1.25. The van der Waals surface area contributed by atoms with E-state index in [0.29, 0.717) is 13.0 Å². The van der Waals surface area contributed by atoms with Gasteiger partial charge in [-0.1, -0.05) is 0 Å². The number of carbonyl (C=O) groups excluding carboxylic acids is 2. The van der Waals surface area contributed by atoms with E-state index in [1.165, 1.54) is 4.90 Å². The van der Waals surface area contributed by atoms with Crippen molar-refractivity contribution in [2.45, 2.75) is 12.8 Å². The number of aliphatic hydroxyl groups is 1. The van der Waals surface area contributed by atoms with Gasteiger partial charge in [-0.2, -0.15) is 0 Å². The predicted octanol–water partition coefficient (Wildman–Crippen LogP) is -0.626. The molecule has 2 rings (SSSR count). The molecule has 0 aromatic heterocycles. The molecule has 4 nitrogen and oxygen atoms in total. The molecule has 1 aliphatic carbocycles. The van der Waals surface area contributed by atoms with Gasteiger partial charge in [0.05, 0.1) is 11.8 Å². The van der Waals surface area contributed by atoms with Crippen LogP contribution in [-0.2, 0) is 9.59 Å². The van der Waals surface area contributed by atoms with Crippen LogP contribution in [0.2, 0.25) is 0 Å². The zero-order valence-corrected chi connectivity index (χ0v) is 6.69. The zero-order valence-electron chi connectivity index (χ0n) is 6.69. The number of nitrogens with zero attached hydrogens (tertiary/aromatic N) is 1. The highest BCUT2D eigenvalue weighted by Crippen LogP contribution is 2.46. The molecular weight excluding hydrogens is 158 g/mol. The third kappa shape index (κ3) is 0.948. The Morgan fingerprint density at radius 2 is 1.92 bits per heavy atom. The molecule has 1 heterocycles. The summed E-state index contributed by atoms with van der Waals surface area (Å²) >= 11 is 0. The van der Waals surface area contributed by atoms with Crippen LogP contribution in [0.3, 0.4) is 0 Å². The van der Waals surface area contributed by atoms with E-state index >= 15 is 0 Å². The second-order valence-electron chi connectivity index (χ2n) is 3.35. The molecule has 1 aliphatic heterocycles. The van der Waals surface area contributed by atoms with E-state index in [0.717, 1.165) is 6.42 Å². The van der Waals surface area contributed by atoms with Gasteiger partial charge in [-0.05, 0) is 12.8 Å². The molecule has 0 bridgehead atoms. The standard InChI is InChI=1S/C8H11NO3/c10-3-1-2-9-7(11)5-4-6(5)8(9)12/h5-6,10H,1-4H2. The Labute approximate surface area is 70.2 Å². The summed E-state index contributed by atoms with van der Waals surface area (Å²) in [4.78, 5) is 23.9. The minimum atomic E-state index is -0.0292. The van der Waals surface area contributed by atoms with Gasteiger partial charge in [0.2, 0.25) is 11.8 Å². The molecule has 2 amide bonds. The van der Waals surface area contributed by atoms with Crippen molar-refractivity contribution in [3.8, 4) is 0 Å². The lowest BCUT2D eigenvalue weighted by atomic mass is 10.3. The lowest BCUT2D eigenvalue weighted by Gasteiger charge is -2.14. The molecule has 4 heteroatoms. The fourth-order valence-corrected chi connectivity index (χ4v) is 1.70. The van der Waals surface area contributed by atoms with E-state index in [1.54, 1.807) is 0 Å². The van der Waals surface area contributed by atoms with Gasteiger partial charge < -0.3 is 5.11 Å². The molecule has 2 atom stereocenters. The molecule has 66 valence electrons. The quantitative estimate of drug-likeness (QED) is 0.572. The molecule has 1 N–H and O–H groups in total. The van der Waals surface area contributed by atoms with E-state index in [9.17, 15) is 9.59 Å². The number of hydrogen-bond acceptors (Lipinski definition) is 3. The van der Waals surface area contributed by atoms with Crippen LogP contribution in [0.4, 0.5) is 0 Å². The highest BCUT2D eigenvalue weighted by atomic mass is 16.3. The van der Waals surface area contributed by atoms with Crippen molar-refractivity contribution in [2.75, 3.05) is 13.2 Å². The van der Waals surface area contributed by atoms with Crippen molar-refractivity contribution in [1.29, 1.82) is 0 Å². The van der Waals surface area contributed by atoms with Crippen LogP contribution in [0, 0.1) is 11.8 Å². The Morgan fingerprint density at radius 3 is 2.42 bits per heavy atom. The maximum absolute atomic E-state index is 11.3. The third-order valence-corrected chi connectivity index (χ3v) is 2.50. The fraction of sp³-hybridized carbons (Fsp3) is 0.750. The van der Waals surface area contributed by atoms with E-state index in [-0.39, 0.29) is 30.3 Å². The Balaban J connectivity index is 1.97. The molecular formula is C8H11NO3. The minimum absolute atomic E-state index is 0.00353. The van der Waals surface area contributed by atoms with Crippen LogP contribution in [-0.4, -0.2) is 35.0 Å². The Morgan fingerprint density at radius 1 is 1.33 bits per heavy atom. The average Bonchev–Trinajstić information content (AvgIpc) is 2.78. The second-order valence-corrected chi connectivity index (χ2v) is 3.35. The van der Waals surface area contributed by atoms with Gasteiger partial charge in [-0.25, -0.2) is 0 Å². The topological polar surface area (TPSA) is 57.6 Å². The van der Waals surface area contributed by atoms with Gasteiger partial charge in [0.1, 0.15) is 0 Å². The van der Waals surface area contributed by atoms with Gasteiger partial charge in [0.25, 0.3) is 0 Å². The summed E-state index contributed by atoms with van der Waals surface area (Å²) in [5.41, 5.74) is 0. The third-order valence-electron chi connectivity index (χ3n) is 2.50. The van der Waals surface area contributed by atoms with E-state index in [1.807, 2.05) is 0 Å². The maximum atomic E-state index is 11.3. The number of hydrogen-bond donors (Lipinski definition) is 1. The van der Waals surface area contributed by atoms with Gasteiger partial charge in [0.15, 0.2) is 0 Å². The van der Waals surface area contributed by atoms with E-state index in [2.05, 4.69) is 0 Å². The Bertz CT molecular complexity index is 218.